The summed E-state index contributed by atoms with van der Waals surface area (Å²) in [6, 6.07) is 5.77. The van der Waals surface area contributed by atoms with E-state index < -0.39 is 0 Å². The van der Waals surface area contributed by atoms with E-state index in [1.807, 2.05) is 54.4 Å². The van der Waals surface area contributed by atoms with Crippen LogP contribution in [0.5, 0.6) is 0 Å². The van der Waals surface area contributed by atoms with Crippen LogP contribution < -0.4 is 5.48 Å². The number of nitrogens with one attached hydrogen (secondary N) is 1. The molecular weight excluding hydrogens is 248 g/mol. The van der Waals surface area contributed by atoms with Gasteiger partial charge in [0.05, 0.1) is 12.3 Å². The summed E-state index contributed by atoms with van der Waals surface area (Å²) in [7, 11) is 0. The molecule has 0 aromatic carbocycles. The van der Waals surface area contributed by atoms with Gasteiger partial charge < -0.3 is 4.57 Å². The average Bonchev–Trinajstić information content (AvgIpc) is 2.99. The summed E-state index contributed by atoms with van der Waals surface area (Å²) in [5.41, 5.74) is 3.35. The second kappa shape index (κ2) is 5.84. The summed E-state index contributed by atoms with van der Waals surface area (Å²) in [5.74, 6) is 0.187. The van der Waals surface area contributed by atoms with Crippen LogP contribution >= 0.6 is 11.3 Å². The molecule has 5 heteroatoms. The maximum Gasteiger partial charge on any atom is 0.287 e. The highest BCUT2D eigenvalue weighted by Gasteiger charge is 2.14. The lowest BCUT2D eigenvalue weighted by Crippen LogP contribution is -2.25. The fourth-order valence-corrected chi connectivity index (χ4v) is 2.27. The third-order valence-corrected chi connectivity index (χ3v) is 3.22. The Kier molecular flexibility index (Phi) is 4.17. The minimum absolute atomic E-state index is 0.200. The lowest BCUT2D eigenvalue weighted by Gasteiger charge is -2.08. The van der Waals surface area contributed by atoms with Crippen molar-refractivity contribution in [1.29, 1.82) is 0 Å². The molecule has 0 bridgehead atoms. The van der Waals surface area contributed by atoms with E-state index in [1.165, 1.54) is 11.3 Å². The van der Waals surface area contributed by atoms with Gasteiger partial charge in [0.1, 0.15) is 4.88 Å². The molecule has 4 nitrogen and oxygen atoms in total. The predicted octanol–water partition coefficient (Wildman–Crippen LogP) is 2.86. The first-order chi connectivity index (χ1) is 8.68. The van der Waals surface area contributed by atoms with Crippen LogP contribution in [-0.4, -0.2) is 17.1 Å². The first-order valence-corrected chi connectivity index (χ1v) is 6.69. The zero-order valence-corrected chi connectivity index (χ0v) is 11.2. The predicted molar refractivity (Wildman–Crippen MR) is 71.9 cm³/mol. The molecule has 0 aliphatic rings. The van der Waals surface area contributed by atoms with Crippen LogP contribution in [0, 0.1) is 5.92 Å². The SMILES string of the molecule is CC(C)CONC(=O)c1sccc1-n1cccc1. The molecule has 18 heavy (non-hydrogen) atoms. The number of carbonyl (C=O) groups is 1. The largest absolute Gasteiger partial charge is 0.322 e. The molecule has 96 valence electrons. The van der Waals surface area contributed by atoms with Crippen LogP contribution in [-0.2, 0) is 4.84 Å². The molecule has 0 saturated carbocycles. The van der Waals surface area contributed by atoms with Gasteiger partial charge in [0, 0.05) is 12.4 Å². The van der Waals surface area contributed by atoms with Crippen molar-refractivity contribution in [2.75, 3.05) is 6.61 Å². The van der Waals surface area contributed by atoms with Crippen molar-refractivity contribution in [3.8, 4) is 5.69 Å². The number of rotatable bonds is 5. The second-order valence-corrected chi connectivity index (χ2v) is 5.28. The summed E-state index contributed by atoms with van der Waals surface area (Å²) < 4.78 is 1.91. The molecule has 2 aromatic rings. The molecule has 1 amide bonds. The van der Waals surface area contributed by atoms with Crippen LogP contribution in [0.2, 0.25) is 0 Å². The third-order valence-electron chi connectivity index (χ3n) is 2.31. The Hall–Kier alpha value is -1.59. The van der Waals surface area contributed by atoms with Gasteiger partial charge in [-0.3, -0.25) is 9.63 Å². The van der Waals surface area contributed by atoms with Gasteiger partial charge in [-0.25, -0.2) is 5.48 Å². The van der Waals surface area contributed by atoms with Crippen LogP contribution in [0.4, 0.5) is 0 Å². The Morgan fingerprint density at radius 2 is 2.17 bits per heavy atom. The first-order valence-electron chi connectivity index (χ1n) is 5.81. The van der Waals surface area contributed by atoms with Gasteiger partial charge in [0.2, 0.25) is 0 Å². The van der Waals surface area contributed by atoms with Crippen LogP contribution in [0.1, 0.15) is 23.5 Å². The molecule has 2 rings (SSSR count). The normalized spacial score (nSPS) is 10.8. The van der Waals surface area contributed by atoms with Crippen molar-refractivity contribution in [3.05, 3.63) is 40.8 Å². The zero-order chi connectivity index (χ0) is 13.0. The summed E-state index contributed by atoms with van der Waals surface area (Å²) in [6.07, 6.45) is 3.82. The molecule has 0 unspecified atom stereocenters. The van der Waals surface area contributed by atoms with Gasteiger partial charge >= 0.3 is 0 Å². The number of hydroxylamine groups is 1. The van der Waals surface area contributed by atoms with Crippen molar-refractivity contribution < 1.29 is 9.63 Å². The minimum Gasteiger partial charge on any atom is -0.322 e. The molecule has 2 aromatic heterocycles. The summed E-state index contributed by atoms with van der Waals surface area (Å²) in [5, 5.41) is 1.90. The highest BCUT2D eigenvalue weighted by Crippen LogP contribution is 2.21. The summed E-state index contributed by atoms with van der Waals surface area (Å²) in [4.78, 5) is 17.8. The van der Waals surface area contributed by atoms with Crippen LogP contribution in [0.3, 0.4) is 0 Å². The lowest BCUT2D eigenvalue weighted by molar-refractivity contribution is 0.0212. The van der Waals surface area contributed by atoms with E-state index >= 15 is 0 Å². The molecule has 0 saturated heterocycles. The zero-order valence-electron chi connectivity index (χ0n) is 10.4. The Morgan fingerprint density at radius 3 is 2.83 bits per heavy atom. The van der Waals surface area contributed by atoms with Gasteiger partial charge in [-0.2, -0.15) is 0 Å². The highest BCUT2D eigenvalue weighted by molar-refractivity contribution is 7.12. The lowest BCUT2D eigenvalue weighted by atomic mass is 10.2. The van der Waals surface area contributed by atoms with Crippen molar-refractivity contribution in [2.45, 2.75) is 13.8 Å². The molecule has 0 aliphatic carbocycles. The number of aromatic nitrogens is 1. The average molecular weight is 264 g/mol. The van der Waals surface area contributed by atoms with E-state index in [0.717, 1.165) is 5.69 Å². The maximum absolute atomic E-state index is 12.0. The number of hydrogen-bond donors (Lipinski definition) is 1. The Bertz CT molecular complexity index is 503. The molecular formula is C13H16N2O2S. The van der Waals surface area contributed by atoms with E-state index in [2.05, 4.69) is 5.48 Å². The smallest absolute Gasteiger partial charge is 0.287 e. The Labute approximate surface area is 110 Å². The van der Waals surface area contributed by atoms with Crippen molar-refractivity contribution in [1.82, 2.24) is 10.0 Å². The molecule has 2 heterocycles. The van der Waals surface area contributed by atoms with E-state index in [4.69, 9.17) is 4.84 Å². The second-order valence-electron chi connectivity index (χ2n) is 4.36. The monoisotopic (exact) mass is 264 g/mol. The number of hydrogen-bond acceptors (Lipinski definition) is 3. The van der Waals surface area contributed by atoms with E-state index in [1.54, 1.807) is 0 Å². The number of nitrogens with zero attached hydrogens (tertiary/aromatic N) is 1. The van der Waals surface area contributed by atoms with Gasteiger partial charge in [-0.05, 0) is 29.5 Å². The number of amides is 1. The molecule has 0 spiro atoms. The topological polar surface area (TPSA) is 43.3 Å². The Balaban J connectivity index is 2.05. The fraction of sp³-hybridized carbons (Fsp3) is 0.308. The molecule has 0 radical (unpaired) electrons. The van der Waals surface area contributed by atoms with Gasteiger partial charge in [-0.15, -0.1) is 11.3 Å². The Morgan fingerprint density at radius 1 is 1.44 bits per heavy atom. The van der Waals surface area contributed by atoms with Crippen LogP contribution in [0.15, 0.2) is 36.0 Å². The highest BCUT2D eigenvalue weighted by atomic mass is 32.1. The first kappa shape index (κ1) is 12.9. The standard InChI is InChI=1S/C13H16N2O2S/c1-10(2)9-17-14-13(16)12-11(5-8-18-12)15-6-3-4-7-15/h3-8,10H,9H2,1-2H3,(H,14,16). The van der Waals surface area contributed by atoms with Gasteiger partial charge in [0.25, 0.3) is 5.91 Å². The van der Waals surface area contributed by atoms with Crippen molar-refractivity contribution >= 4 is 17.2 Å². The van der Waals surface area contributed by atoms with Crippen molar-refractivity contribution in [2.24, 2.45) is 5.92 Å². The summed E-state index contributed by atoms with van der Waals surface area (Å²) >= 11 is 1.40. The number of thiophene rings is 1. The fourth-order valence-electron chi connectivity index (χ4n) is 1.49. The van der Waals surface area contributed by atoms with Gasteiger partial charge in [-0.1, -0.05) is 13.8 Å². The maximum atomic E-state index is 12.0. The minimum atomic E-state index is -0.200. The van der Waals surface area contributed by atoms with Crippen LogP contribution in [0.25, 0.3) is 5.69 Å². The quantitative estimate of drug-likeness (QED) is 0.844. The van der Waals surface area contributed by atoms with E-state index in [9.17, 15) is 4.79 Å². The summed E-state index contributed by atoms with van der Waals surface area (Å²) in [6.45, 7) is 4.57. The molecule has 0 fully saturated rings. The van der Waals surface area contributed by atoms with Gasteiger partial charge in [0.15, 0.2) is 0 Å². The molecule has 0 aliphatic heterocycles. The number of carbonyl (C=O) groups excluding carboxylic acids is 1. The third kappa shape index (κ3) is 3.00. The van der Waals surface area contributed by atoms with E-state index in [-0.39, 0.29) is 5.91 Å². The van der Waals surface area contributed by atoms with E-state index in [0.29, 0.717) is 17.4 Å². The molecule has 0 atom stereocenters. The molecule has 1 N–H and O–H groups in total. The van der Waals surface area contributed by atoms with Crippen molar-refractivity contribution in [3.63, 3.8) is 0 Å².